The van der Waals surface area contributed by atoms with Gasteiger partial charge in [-0.15, -0.1) is 0 Å². The second-order valence-electron chi connectivity index (χ2n) is 8.10. The summed E-state index contributed by atoms with van der Waals surface area (Å²) in [6.45, 7) is 3.73. The van der Waals surface area contributed by atoms with Crippen molar-refractivity contribution >= 4 is 15.9 Å². The third kappa shape index (κ3) is 5.64. The number of benzene rings is 3. The van der Waals surface area contributed by atoms with Crippen molar-refractivity contribution in [2.75, 3.05) is 0 Å². The molecule has 9 heteroatoms. The van der Waals surface area contributed by atoms with Gasteiger partial charge in [0.05, 0.1) is 10.6 Å². The zero-order valence-corrected chi connectivity index (χ0v) is 20.1. The lowest BCUT2D eigenvalue weighted by atomic mass is 10.1. The Balaban J connectivity index is 1.45. The number of halogens is 1. The van der Waals surface area contributed by atoms with E-state index in [1.54, 1.807) is 49.0 Å². The van der Waals surface area contributed by atoms with Gasteiger partial charge in [-0.1, -0.05) is 42.5 Å². The highest BCUT2D eigenvalue weighted by atomic mass is 32.2. The van der Waals surface area contributed by atoms with Crippen LogP contribution in [0, 0.1) is 19.7 Å². The summed E-state index contributed by atoms with van der Waals surface area (Å²) >= 11 is 0. The Labute approximate surface area is 203 Å². The van der Waals surface area contributed by atoms with E-state index in [9.17, 15) is 17.6 Å². The van der Waals surface area contributed by atoms with Gasteiger partial charge in [0.1, 0.15) is 11.6 Å². The van der Waals surface area contributed by atoms with Crippen LogP contribution in [0.25, 0.3) is 5.69 Å². The van der Waals surface area contributed by atoms with Crippen LogP contribution in [0.1, 0.15) is 32.9 Å². The molecule has 0 saturated carbocycles. The number of aryl methyl sites for hydroxylation is 2. The van der Waals surface area contributed by atoms with Crippen LogP contribution in [0.5, 0.6) is 0 Å². The number of rotatable bonds is 8. The Morgan fingerprint density at radius 2 is 1.74 bits per heavy atom. The molecular formula is C26H25FN4O3S. The normalized spacial score (nSPS) is 11.4. The van der Waals surface area contributed by atoms with Crippen molar-refractivity contribution in [3.8, 4) is 5.69 Å². The van der Waals surface area contributed by atoms with Gasteiger partial charge >= 0.3 is 0 Å². The minimum Gasteiger partial charge on any atom is -0.348 e. The summed E-state index contributed by atoms with van der Waals surface area (Å²) in [4.78, 5) is 16.9. The number of nitrogens with one attached hydrogen (secondary N) is 2. The predicted molar refractivity (Wildman–Crippen MR) is 131 cm³/mol. The minimum absolute atomic E-state index is 0.00437. The lowest BCUT2D eigenvalue weighted by Crippen LogP contribution is -2.26. The molecule has 0 aliphatic rings. The first-order valence-electron chi connectivity index (χ1n) is 11.0. The van der Waals surface area contributed by atoms with Crippen molar-refractivity contribution in [1.82, 2.24) is 19.6 Å². The van der Waals surface area contributed by atoms with Gasteiger partial charge in [0.2, 0.25) is 10.0 Å². The van der Waals surface area contributed by atoms with Gasteiger partial charge in [-0.25, -0.2) is 22.5 Å². The van der Waals surface area contributed by atoms with E-state index in [0.29, 0.717) is 22.6 Å². The number of hydrogen-bond donors (Lipinski definition) is 2. The van der Waals surface area contributed by atoms with Gasteiger partial charge in [0.15, 0.2) is 0 Å². The smallest absolute Gasteiger partial charge is 0.251 e. The van der Waals surface area contributed by atoms with Crippen LogP contribution in [0.3, 0.4) is 0 Å². The maximum absolute atomic E-state index is 14.6. The van der Waals surface area contributed by atoms with Crippen LogP contribution in [0.4, 0.5) is 4.39 Å². The van der Waals surface area contributed by atoms with E-state index in [2.05, 4.69) is 15.0 Å². The number of carbonyl (C=O) groups is 1. The molecule has 1 aromatic heterocycles. The standard InChI is InChI=1S/C26H25FN4O3S/c1-18-8-10-22(35(33,34)30-17-20-6-4-3-5-7-20)15-23(18)26(32)29-16-21-9-11-25(24(27)14-21)31-13-12-28-19(31)2/h3-15,30H,16-17H2,1-2H3,(H,29,32). The average Bonchev–Trinajstić information content (AvgIpc) is 3.27. The fourth-order valence-corrected chi connectivity index (χ4v) is 4.68. The average molecular weight is 493 g/mol. The van der Waals surface area contributed by atoms with Crippen LogP contribution in [-0.4, -0.2) is 23.9 Å². The van der Waals surface area contributed by atoms with E-state index in [-0.39, 0.29) is 23.5 Å². The van der Waals surface area contributed by atoms with Gasteiger partial charge in [-0.2, -0.15) is 0 Å². The molecule has 4 aromatic rings. The Hall–Kier alpha value is -3.82. The van der Waals surface area contributed by atoms with Crippen LogP contribution < -0.4 is 10.0 Å². The van der Waals surface area contributed by atoms with Gasteiger partial charge in [0, 0.05) is 31.0 Å². The number of hydrogen-bond acceptors (Lipinski definition) is 4. The van der Waals surface area contributed by atoms with E-state index in [1.807, 2.05) is 30.3 Å². The summed E-state index contributed by atoms with van der Waals surface area (Å²) in [6, 6.07) is 18.3. The third-order valence-corrected chi connectivity index (χ3v) is 7.02. The van der Waals surface area contributed by atoms with Crippen LogP contribution in [0.15, 0.2) is 84.0 Å². The van der Waals surface area contributed by atoms with Crippen LogP contribution in [0.2, 0.25) is 0 Å². The molecule has 1 amide bonds. The minimum atomic E-state index is -3.82. The number of nitrogens with zero attached hydrogens (tertiary/aromatic N) is 2. The summed E-state index contributed by atoms with van der Waals surface area (Å²) in [5.41, 5.74) is 2.62. The SMILES string of the molecule is Cc1ccc(S(=O)(=O)NCc2ccccc2)cc1C(=O)NCc1ccc(-n2ccnc2C)c(F)c1. The molecule has 0 radical (unpaired) electrons. The summed E-state index contributed by atoms with van der Waals surface area (Å²) < 4.78 is 44.4. The van der Waals surface area contributed by atoms with Crippen molar-refractivity contribution in [3.05, 3.63) is 113 Å². The summed E-state index contributed by atoms with van der Waals surface area (Å²) in [5, 5.41) is 2.75. The summed E-state index contributed by atoms with van der Waals surface area (Å²) in [5.74, 6) is -0.224. The monoisotopic (exact) mass is 492 g/mol. The van der Waals surface area contributed by atoms with Gasteiger partial charge in [0.25, 0.3) is 5.91 Å². The number of aromatic nitrogens is 2. The second-order valence-corrected chi connectivity index (χ2v) is 9.87. The van der Waals surface area contributed by atoms with Crippen molar-refractivity contribution in [2.45, 2.75) is 31.8 Å². The van der Waals surface area contributed by atoms with Crippen LogP contribution in [-0.2, 0) is 23.1 Å². The highest BCUT2D eigenvalue weighted by Gasteiger charge is 2.18. The van der Waals surface area contributed by atoms with Gasteiger partial charge in [-0.05, 0) is 54.8 Å². The van der Waals surface area contributed by atoms with Gasteiger partial charge in [-0.3, -0.25) is 4.79 Å². The van der Waals surface area contributed by atoms with Crippen LogP contribution >= 0.6 is 0 Å². The molecule has 4 rings (SSSR count). The fraction of sp³-hybridized carbons (Fsp3) is 0.154. The lowest BCUT2D eigenvalue weighted by molar-refractivity contribution is 0.0950. The first kappa shape index (κ1) is 24.3. The number of sulfonamides is 1. The Bertz CT molecular complexity index is 1470. The van der Waals surface area contributed by atoms with E-state index in [4.69, 9.17) is 0 Å². The summed E-state index contributed by atoms with van der Waals surface area (Å²) in [7, 11) is -3.82. The maximum Gasteiger partial charge on any atom is 0.251 e. The summed E-state index contributed by atoms with van der Waals surface area (Å²) in [6.07, 6.45) is 3.27. The molecule has 0 saturated heterocycles. The van der Waals surface area contributed by atoms with Gasteiger partial charge < -0.3 is 9.88 Å². The first-order valence-corrected chi connectivity index (χ1v) is 12.4. The van der Waals surface area contributed by atoms with Crippen molar-refractivity contribution in [3.63, 3.8) is 0 Å². The fourth-order valence-electron chi connectivity index (χ4n) is 3.64. The largest absolute Gasteiger partial charge is 0.348 e. The topological polar surface area (TPSA) is 93.1 Å². The third-order valence-electron chi connectivity index (χ3n) is 5.62. The zero-order valence-electron chi connectivity index (χ0n) is 19.3. The molecule has 3 aromatic carbocycles. The quantitative estimate of drug-likeness (QED) is 0.388. The Morgan fingerprint density at radius 3 is 2.43 bits per heavy atom. The van der Waals surface area contributed by atoms with Crippen molar-refractivity contribution < 1.29 is 17.6 Å². The number of carbonyl (C=O) groups excluding carboxylic acids is 1. The molecule has 2 N–H and O–H groups in total. The van der Waals surface area contributed by atoms with E-state index >= 15 is 0 Å². The molecule has 0 spiro atoms. The Kier molecular flexibility index (Phi) is 7.09. The molecule has 0 bridgehead atoms. The highest BCUT2D eigenvalue weighted by molar-refractivity contribution is 7.89. The molecular weight excluding hydrogens is 467 g/mol. The van der Waals surface area contributed by atoms with Crippen molar-refractivity contribution in [1.29, 1.82) is 0 Å². The molecule has 35 heavy (non-hydrogen) atoms. The second kappa shape index (κ2) is 10.2. The number of amides is 1. The zero-order chi connectivity index (χ0) is 25.0. The molecule has 7 nitrogen and oxygen atoms in total. The molecule has 1 heterocycles. The first-order chi connectivity index (χ1) is 16.7. The molecule has 0 fully saturated rings. The Morgan fingerprint density at radius 1 is 0.971 bits per heavy atom. The number of imidazole rings is 1. The highest BCUT2D eigenvalue weighted by Crippen LogP contribution is 2.19. The van der Waals surface area contributed by atoms with E-state index < -0.39 is 21.7 Å². The maximum atomic E-state index is 14.6. The molecule has 180 valence electrons. The molecule has 0 aliphatic heterocycles. The van der Waals surface area contributed by atoms with E-state index in [0.717, 1.165) is 5.56 Å². The molecule has 0 atom stereocenters. The molecule has 0 aliphatic carbocycles. The van der Waals surface area contributed by atoms with Crippen molar-refractivity contribution in [2.24, 2.45) is 0 Å². The predicted octanol–water partition coefficient (Wildman–Crippen LogP) is 4.04. The van der Waals surface area contributed by atoms with E-state index in [1.165, 1.54) is 18.2 Å². The lowest BCUT2D eigenvalue weighted by Gasteiger charge is -2.12. The molecule has 0 unspecified atom stereocenters.